The van der Waals surface area contributed by atoms with Crippen LogP contribution in [0.4, 0.5) is 5.82 Å². The van der Waals surface area contributed by atoms with E-state index in [1.165, 1.54) is 12.4 Å². The second-order valence-corrected chi connectivity index (χ2v) is 6.19. The number of anilines is 1. The lowest BCUT2D eigenvalue weighted by molar-refractivity contribution is 0.0925. The van der Waals surface area contributed by atoms with Gasteiger partial charge < -0.3 is 10.2 Å². The maximum Gasteiger partial charge on any atom is 0.271 e. The van der Waals surface area contributed by atoms with Crippen LogP contribution in [0.5, 0.6) is 0 Å². The number of hydrogen-bond acceptors (Lipinski definition) is 5. The molecule has 1 amide bonds. The lowest BCUT2D eigenvalue weighted by Gasteiger charge is -2.33. The molecule has 4 rings (SSSR count). The summed E-state index contributed by atoms with van der Waals surface area (Å²) in [6, 6.07) is 12.5. The normalized spacial score (nSPS) is 15.3. The Morgan fingerprint density at radius 2 is 1.92 bits per heavy atom. The Balaban J connectivity index is 1.38. The number of piperidine rings is 1. The van der Waals surface area contributed by atoms with Crippen LogP contribution in [-0.4, -0.2) is 40.0 Å². The van der Waals surface area contributed by atoms with Gasteiger partial charge in [0.2, 0.25) is 0 Å². The summed E-state index contributed by atoms with van der Waals surface area (Å²) in [6.07, 6.45) is 6.36. The van der Waals surface area contributed by atoms with Gasteiger partial charge in [-0.25, -0.2) is 9.97 Å². The van der Waals surface area contributed by atoms with Crippen LogP contribution in [0.2, 0.25) is 0 Å². The summed E-state index contributed by atoms with van der Waals surface area (Å²) in [5.41, 5.74) is 1.37. The summed E-state index contributed by atoms with van der Waals surface area (Å²) >= 11 is 0. The van der Waals surface area contributed by atoms with Gasteiger partial charge in [-0.1, -0.05) is 18.2 Å². The Labute approximate surface area is 145 Å². The van der Waals surface area contributed by atoms with Crippen LogP contribution in [0, 0.1) is 0 Å². The highest BCUT2D eigenvalue weighted by molar-refractivity contribution is 5.92. The van der Waals surface area contributed by atoms with Gasteiger partial charge in [0.05, 0.1) is 11.7 Å². The lowest BCUT2D eigenvalue weighted by atomic mass is 10.0. The third-order valence-corrected chi connectivity index (χ3v) is 4.53. The summed E-state index contributed by atoms with van der Waals surface area (Å²) in [5, 5.41) is 4.20. The standard InChI is InChI=1S/C19H19N5O/c25-19(17-13-20-9-10-21-17)22-15-7-11-24(12-8-15)18-6-5-14-3-1-2-4-16(14)23-18/h1-6,9-10,13,15H,7-8,11-12H2,(H,22,25). The first-order valence-corrected chi connectivity index (χ1v) is 8.47. The van der Waals surface area contributed by atoms with Crippen molar-refractivity contribution in [3.8, 4) is 0 Å². The predicted octanol–water partition coefficient (Wildman–Crippen LogP) is 2.42. The molecule has 0 spiro atoms. The molecule has 1 aliphatic heterocycles. The van der Waals surface area contributed by atoms with Crippen molar-refractivity contribution in [2.45, 2.75) is 18.9 Å². The summed E-state index contributed by atoms with van der Waals surface area (Å²) in [6.45, 7) is 1.74. The summed E-state index contributed by atoms with van der Waals surface area (Å²) < 4.78 is 0. The molecule has 6 nitrogen and oxygen atoms in total. The van der Waals surface area contributed by atoms with E-state index in [1.54, 1.807) is 6.20 Å². The molecule has 3 heterocycles. The minimum Gasteiger partial charge on any atom is -0.356 e. The van der Waals surface area contributed by atoms with E-state index in [4.69, 9.17) is 4.98 Å². The van der Waals surface area contributed by atoms with Crippen LogP contribution in [-0.2, 0) is 0 Å². The average Bonchev–Trinajstić information content (AvgIpc) is 2.69. The highest BCUT2D eigenvalue weighted by Gasteiger charge is 2.22. The molecule has 1 fully saturated rings. The first kappa shape index (κ1) is 15.5. The molecule has 1 N–H and O–H groups in total. The molecule has 0 saturated carbocycles. The van der Waals surface area contributed by atoms with Crippen molar-refractivity contribution in [1.29, 1.82) is 0 Å². The van der Waals surface area contributed by atoms with E-state index in [-0.39, 0.29) is 11.9 Å². The summed E-state index contributed by atoms with van der Waals surface area (Å²) in [5.74, 6) is 0.841. The van der Waals surface area contributed by atoms with Crippen LogP contribution < -0.4 is 10.2 Å². The first-order valence-electron chi connectivity index (χ1n) is 8.47. The van der Waals surface area contributed by atoms with Gasteiger partial charge in [0.1, 0.15) is 11.5 Å². The number of nitrogens with one attached hydrogen (secondary N) is 1. The van der Waals surface area contributed by atoms with E-state index >= 15 is 0 Å². The summed E-state index contributed by atoms with van der Waals surface area (Å²) in [4.78, 5) is 27.2. The summed E-state index contributed by atoms with van der Waals surface area (Å²) in [7, 11) is 0. The fourth-order valence-electron chi connectivity index (χ4n) is 3.16. The van der Waals surface area contributed by atoms with Crippen molar-refractivity contribution < 1.29 is 4.79 Å². The number of nitrogens with zero attached hydrogens (tertiary/aromatic N) is 4. The zero-order chi connectivity index (χ0) is 17.1. The van der Waals surface area contributed by atoms with Gasteiger partial charge in [-0.05, 0) is 31.0 Å². The topological polar surface area (TPSA) is 71.0 Å². The molecular weight excluding hydrogens is 314 g/mol. The van der Waals surface area contributed by atoms with Crippen LogP contribution in [0.1, 0.15) is 23.3 Å². The number of benzene rings is 1. The molecule has 0 radical (unpaired) electrons. The maximum atomic E-state index is 12.2. The molecule has 0 aliphatic carbocycles. The molecule has 3 aromatic rings. The van der Waals surface area contributed by atoms with Crippen molar-refractivity contribution in [3.63, 3.8) is 0 Å². The van der Waals surface area contributed by atoms with Crippen LogP contribution in [0.25, 0.3) is 10.9 Å². The second-order valence-electron chi connectivity index (χ2n) is 6.19. The molecule has 0 unspecified atom stereocenters. The Bertz CT molecular complexity index is 875. The number of fused-ring (bicyclic) bond motifs is 1. The van der Waals surface area contributed by atoms with E-state index in [2.05, 4.69) is 38.4 Å². The second kappa shape index (κ2) is 6.84. The Morgan fingerprint density at radius 1 is 1.08 bits per heavy atom. The Morgan fingerprint density at radius 3 is 2.72 bits per heavy atom. The van der Waals surface area contributed by atoms with E-state index in [9.17, 15) is 4.79 Å². The minimum atomic E-state index is -0.157. The lowest BCUT2D eigenvalue weighted by Crippen LogP contribution is -2.45. The molecule has 2 aromatic heterocycles. The molecule has 1 saturated heterocycles. The van der Waals surface area contributed by atoms with Crippen LogP contribution in [0.15, 0.2) is 55.0 Å². The van der Waals surface area contributed by atoms with Crippen LogP contribution >= 0.6 is 0 Å². The van der Waals surface area contributed by atoms with Gasteiger partial charge in [-0.15, -0.1) is 0 Å². The Kier molecular flexibility index (Phi) is 4.24. The quantitative estimate of drug-likeness (QED) is 0.797. The van der Waals surface area contributed by atoms with Crippen molar-refractivity contribution in [3.05, 3.63) is 60.7 Å². The number of rotatable bonds is 3. The molecule has 0 atom stereocenters. The first-order chi connectivity index (χ1) is 12.3. The number of carbonyl (C=O) groups is 1. The zero-order valence-corrected chi connectivity index (χ0v) is 13.8. The minimum absolute atomic E-state index is 0.157. The molecule has 6 heteroatoms. The third kappa shape index (κ3) is 3.42. The van der Waals surface area contributed by atoms with Gasteiger partial charge in [0.15, 0.2) is 0 Å². The monoisotopic (exact) mass is 333 g/mol. The molecule has 0 bridgehead atoms. The maximum absolute atomic E-state index is 12.2. The number of aromatic nitrogens is 3. The Hall–Kier alpha value is -3.02. The zero-order valence-electron chi connectivity index (χ0n) is 13.8. The van der Waals surface area contributed by atoms with Gasteiger partial charge in [0.25, 0.3) is 5.91 Å². The smallest absolute Gasteiger partial charge is 0.271 e. The number of hydrogen-bond donors (Lipinski definition) is 1. The highest BCUT2D eigenvalue weighted by atomic mass is 16.1. The van der Waals surface area contributed by atoms with Crippen molar-refractivity contribution >= 4 is 22.6 Å². The predicted molar refractivity (Wildman–Crippen MR) is 96.5 cm³/mol. The fourth-order valence-corrected chi connectivity index (χ4v) is 3.16. The number of amides is 1. The van der Waals surface area contributed by atoms with Crippen molar-refractivity contribution in [2.24, 2.45) is 0 Å². The van der Waals surface area contributed by atoms with Crippen LogP contribution in [0.3, 0.4) is 0 Å². The van der Waals surface area contributed by atoms with Gasteiger partial charge in [-0.3, -0.25) is 9.78 Å². The van der Waals surface area contributed by atoms with Gasteiger partial charge >= 0.3 is 0 Å². The van der Waals surface area contributed by atoms with E-state index in [0.717, 1.165) is 42.7 Å². The average molecular weight is 333 g/mol. The molecule has 126 valence electrons. The third-order valence-electron chi connectivity index (χ3n) is 4.53. The van der Waals surface area contributed by atoms with E-state index in [1.807, 2.05) is 18.2 Å². The molecule has 1 aromatic carbocycles. The van der Waals surface area contributed by atoms with Gasteiger partial charge in [0, 0.05) is 36.9 Å². The van der Waals surface area contributed by atoms with Crippen molar-refractivity contribution in [1.82, 2.24) is 20.3 Å². The van der Waals surface area contributed by atoms with Crippen molar-refractivity contribution in [2.75, 3.05) is 18.0 Å². The van der Waals surface area contributed by atoms with Gasteiger partial charge in [-0.2, -0.15) is 0 Å². The molecule has 25 heavy (non-hydrogen) atoms. The number of para-hydroxylation sites is 1. The largest absolute Gasteiger partial charge is 0.356 e. The van der Waals surface area contributed by atoms with E-state index in [0.29, 0.717) is 5.69 Å². The number of pyridine rings is 1. The SMILES string of the molecule is O=C(NC1CCN(c2ccc3ccccc3n2)CC1)c1cnccn1. The highest BCUT2D eigenvalue weighted by Crippen LogP contribution is 2.21. The fraction of sp³-hybridized carbons (Fsp3) is 0.263. The van der Waals surface area contributed by atoms with E-state index < -0.39 is 0 Å². The molecule has 1 aliphatic rings. The number of carbonyl (C=O) groups excluding carboxylic acids is 1. The molecular formula is C19H19N5O.